The average Bonchev–Trinajstić information content (AvgIpc) is 3.08. The van der Waals surface area contributed by atoms with E-state index >= 15 is 0 Å². The van der Waals surface area contributed by atoms with E-state index in [1.807, 2.05) is 30.3 Å². The van der Waals surface area contributed by atoms with Crippen LogP contribution in [0.1, 0.15) is 30.0 Å². The SMILES string of the molecule is N#Cc1cccc(N[C@@H](C[C@@H]2CCOC2)c2ccc(F)cc2)c1. The zero-order valence-electron chi connectivity index (χ0n) is 12.8. The van der Waals surface area contributed by atoms with E-state index < -0.39 is 0 Å². The number of rotatable bonds is 5. The largest absolute Gasteiger partial charge is 0.381 e. The predicted molar refractivity (Wildman–Crippen MR) is 87.5 cm³/mol. The molecule has 0 unspecified atom stereocenters. The summed E-state index contributed by atoms with van der Waals surface area (Å²) in [7, 11) is 0. The Morgan fingerprint density at radius 2 is 2.09 bits per heavy atom. The molecule has 1 heterocycles. The molecule has 0 spiro atoms. The summed E-state index contributed by atoms with van der Waals surface area (Å²) in [6, 6.07) is 16.2. The van der Waals surface area contributed by atoms with Gasteiger partial charge in [0, 0.05) is 18.9 Å². The number of nitrogens with zero attached hydrogens (tertiary/aromatic N) is 1. The van der Waals surface area contributed by atoms with Crippen LogP contribution in [0.5, 0.6) is 0 Å². The van der Waals surface area contributed by atoms with Crippen LogP contribution < -0.4 is 5.32 Å². The number of benzene rings is 2. The van der Waals surface area contributed by atoms with Crippen LogP contribution in [0.15, 0.2) is 48.5 Å². The molecule has 118 valence electrons. The van der Waals surface area contributed by atoms with Crippen molar-refractivity contribution in [2.75, 3.05) is 18.5 Å². The quantitative estimate of drug-likeness (QED) is 0.896. The van der Waals surface area contributed by atoms with Gasteiger partial charge in [-0.3, -0.25) is 0 Å². The van der Waals surface area contributed by atoms with Gasteiger partial charge in [-0.15, -0.1) is 0 Å². The standard InChI is InChI=1S/C19H19FN2O/c20-17-6-4-16(5-7-17)19(11-15-8-9-23-13-15)22-18-3-1-2-14(10-18)12-21/h1-7,10,15,19,22H,8-9,11,13H2/t15-,19-/m0/s1. The third-order valence-corrected chi connectivity index (χ3v) is 4.20. The van der Waals surface area contributed by atoms with Gasteiger partial charge in [0.25, 0.3) is 0 Å². The number of halogens is 1. The summed E-state index contributed by atoms with van der Waals surface area (Å²) < 4.78 is 18.7. The summed E-state index contributed by atoms with van der Waals surface area (Å²) in [4.78, 5) is 0. The summed E-state index contributed by atoms with van der Waals surface area (Å²) in [5.41, 5.74) is 2.56. The molecule has 0 amide bonds. The second-order valence-electron chi connectivity index (χ2n) is 5.91. The normalized spacial score (nSPS) is 18.3. The van der Waals surface area contributed by atoms with E-state index in [0.29, 0.717) is 11.5 Å². The highest BCUT2D eigenvalue weighted by atomic mass is 19.1. The monoisotopic (exact) mass is 310 g/mol. The van der Waals surface area contributed by atoms with Crippen molar-refractivity contribution in [2.24, 2.45) is 5.92 Å². The van der Waals surface area contributed by atoms with Crippen molar-refractivity contribution < 1.29 is 9.13 Å². The van der Waals surface area contributed by atoms with Gasteiger partial charge in [-0.2, -0.15) is 5.26 Å². The van der Waals surface area contributed by atoms with Gasteiger partial charge in [0.15, 0.2) is 0 Å². The fourth-order valence-electron chi connectivity index (χ4n) is 2.96. The number of nitrogens with one attached hydrogen (secondary N) is 1. The maximum atomic E-state index is 13.2. The molecule has 3 nitrogen and oxygen atoms in total. The van der Waals surface area contributed by atoms with Gasteiger partial charge < -0.3 is 10.1 Å². The second kappa shape index (κ2) is 7.26. The molecule has 1 saturated heterocycles. The topological polar surface area (TPSA) is 45.0 Å². The van der Waals surface area contributed by atoms with Crippen molar-refractivity contribution in [3.8, 4) is 6.07 Å². The maximum Gasteiger partial charge on any atom is 0.123 e. The second-order valence-corrected chi connectivity index (χ2v) is 5.91. The Morgan fingerprint density at radius 3 is 2.78 bits per heavy atom. The molecule has 1 N–H and O–H groups in total. The predicted octanol–water partition coefficient (Wildman–Crippen LogP) is 4.28. The molecular weight excluding hydrogens is 291 g/mol. The molecular formula is C19H19FN2O. The fourth-order valence-corrected chi connectivity index (χ4v) is 2.96. The molecule has 1 fully saturated rings. The Balaban J connectivity index is 1.81. The van der Waals surface area contributed by atoms with E-state index in [2.05, 4.69) is 11.4 Å². The Kier molecular flexibility index (Phi) is 4.89. The maximum absolute atomic E-state index is 13.2. The van der Waals surface area contributed by atoms with Gasteiger partial charge >= 0.3 is 0 Å². The average molecular weight is 310 g/mol. The van der Waals surface area contributed by atoms with Crippen LogP contribution in [0.3, 0.4) is 0 Å². The highest BCUT2D eigenvalue weighted by Crippen LogP contribution is 2.30. The molecule has 4 heteroatoms. The summed E-state index contributed by atoms with van der Waals surface area (Å²) in [6.07, 6.45) is 1.97. The van der Waals surface area contributed by atoms with E-state index in [1.165, 1.54) is 12.1 Å². The molecule has 0 bridgehead atoms. The molecule has 23 heavy (non-hydrogen) atoms. The van der Waals surface area contributed by atoms with Gasteiger partial charge in [0.05, 0.1) is 17.7 Å². The summed E-state index contributed by atoms with van der Waals surface area (Å²) in [5, 5.41) is 12.5. The molecule has 1 aliphatic heterocycles. The molecule has 0 aromatic heterocycles. The number of anilines is 1. The lowest BCUT2D eigenvalue weighted by molar-refractivity contribution is 0.183. The molecule has 2 aromatic rings. The van der Waals surface area contributed by atoms with E-state index in [0.717, 1.165) is 37.3 Å². The van der Waals surface area contributed by atoms with Crippen molar-refractivity contribution in [1.29, 1.82) is 5.26 Å². The molecule has 0 aliphatic carbocycles. The number of hydrogen-bond donors (Lipinski definition) is 1. The van der Waals surface area contributed by atoms with Crippen LogP contribution in [-0.4, -0.2) is 13.2 Å². The molecule has 1 aliphatic rings. The smallest absolute Gasteiger partial charge is 0.123 e. The van der Waals surface area contributed by atoms with E-state index in [-0.39, 0.29) is 11.9 Å². The molecule has 0 radical (unpaired) electrons. The third-order valence-electron chi connectivity index (χ3n) is 4.20. The van der Waals surface area contributed by atoms with Crippen molar-refractivity contribution in [3.05, 3.63) is 65.5 Å². The van der Waals surface area contributed by atoms with Gasteiger partial charge in [-0.25, -0.2) is 4.39 Å². The lowest BCUT2D eigenvalue weighted by atomic mass is 9.94. The highest BCUT2D eigenvalue weighted by molar-refractivity contribution is 5.50. The highest BCUT2D eigenvalue weighted by Gasteiger charge is 2.22. The summed E-state index contributed by atoms with van der Waals surface area (Å²) >= 11 is 0. The van der Waals surface area contributed by atoms with Gasteiger partial charge in [0.1, 0.15) is 5.82 Å². The Morgan fingerprint density at radius 1 is 1.26 bits per heavy atom. The lowest BCUT2D eigenvalue weighted by Gasteiger charge is -2.23. The Bertz CT molecular complexity index is 687. The third kappa shape index (κ3) is 4.08. The van der Waals surface area contributed by atoms with Crippen LogP contribution in [0, 0.1) is 23.1 Å². The minimum atomic E-state index is -0.233. The minimum Gasteiger partial charge on any atom is -0.381 e. The first-order chi connectivity index (χ1) is 11.2. The lowest BCUT2D eigenvalue weighted by Crippen LogP contribution is -2.16. The Hall–Kier alpha value is -2.38. The van der Waals surface area contributed by atoms with E-state index in [4.69, 9.17) is 10.00 Å². The molecule has 2 atom stereocenters. The van der Waals surface area contributed by atoms with E-state index in [1.54, 1.807) is 6.07 Å². The van der Waals surface area contributed by atoms with Crippen LogP contribution in [-0.2, 0) is 4.74 Å². The van der Waals surface area contributed by atoms with Gasteiger partial charge in [-0.1, -0.05) is 18.2 Å². The number of nitriles is 1. The van der Waals surface area contributed by atoms with Crippen LogP contribution >= 0.6 is 0 Å². The van der Waals surface area contributed by atoms with Crippen LogP contribution in [0.25, 0.3) is 0 Å². The van der Waals surface area contributed by atoms with Gasteiger partial charge in [0.2, 0.25) is 0 Å². The van der Waals surface area contributed by atoms with Gasteiger partial charge in [-0.05, 0) is 54.7 Å². The first kappa shape index (κ1) is 15.5. The van der Waals surface area contributed by atoms with Crippen molar-refractivity contribution in [3.63, 3.8) is 0 Å². The number of ether oxygens (including phenoxy) is 1. The van der Waals surface area contributed by atoms with Crippen molar-refractivity contribution in [2.45, 2.75) is 18.9 Å². The van der Waals surface area contributed by atoms with Crippen molar-refractivity contribution >= 4 is 5.69 Å². The molecule has 2 aromatic carbocycles. The summed E-state index contributed by atoms with van der Waals surface area (Å²) in [6.45, 7) is 1.59. The van der Waals surface area contributed by atoms with Crippen molar-refractivity contribution in [1.82, 2.24) is 0 Å². The van der Waals surface area contributed by atoms with Crippen LogP contribution in [0.2, 0.25) is 0 Å². The first-order valence-electron chi connectivity index (χ1n) is 7.84. The number of hydrogen-bond acceptors (Lipinski definition) is 3. The fraction of sp³-hybridized carbons (Fsp3) is 0.316. The first-order valence-corrected chi connectivity index (χ1v) is 7.84. The Labute approximate surface area is 135 Å². The van der Waals surface area contributed by atoms with Crippen LogP contribution in [0.4, 0.5) is 10.1 Å². The molecule has 0 saturated carbocycles. The van der Waals surface area contributed by atoms with E-state index in [9.17, 15) is 4.39 Å². The zero-order chi connectivity index (χ0) is 16.1. The minimum absolute atomic E-state index is 0.0660. The zero-order valence-corrected chi connectivity index (χ0v) is 12.8. The summed E-state index contributed by atoms with van der Waals surface area (Å²) in [5.74, 6) is 0.264. The molecule has 3 rings (SSSR count).